The summed E-state index contributed by atoms with van der Waals surface area (Å²) in [5.41, 5.74) is 1.22. The van der Waals surface area contributed by atoms with E-state index >= 15 is 0 Å². The molecule has 4 nitrogen and oxygen atoms in total. The van der Waals surface area contributed by atoms with Crippen molar-refractivity contribution in [3.05, 3.63) is 28.8 Å². The summed E-state index contributed by atoms with van der Waals surface area (Å²) in [7, 11) is -3.52. The highest BCUT2D eigenvalue weighted by Crippen LogP contribution is 2.23. The summed E-state index contributed by atoms with van der Waals surface area (Å²) in [6.07, 6.45) is 0. The summed E-state index contributed by atoms with van der Waals surface area (Å²) >= 11 is 5.72. The van der Waals surface area contributed by atoms with Crippen molar-refractivity contribution in [1.82, 2.24) is 4.83 Å². The molecule has 1 aromatic rings. The monoisotopic (exact) mass is 230 g/mol. The normalized spacial score (nSPS) is 18.0. The van der Waals surface area contributed by atoms with E-state index in [1.54, 1.807) is 19.1 Å². The van der Waals surface area contributed by atoms with Gasteiger partial charge >= 0.3 is 0 Å². The lowest BCUT2D eigenvalue weighted by atomic mass is 10.1. The van der Waals surface area contributed by atoms with E-state index < -0.39 is 10.0 Å². The zero-order chi connectivity index (χ0) is 10.3. The van der Waals surface area contributed by atoms with Gasteiger partial charge in [-0.1, -0.05) is 17.7 Å². The van der Waals surface area contributed by atoms with Crippen molar-refractivity contribution >= 4 is 27.3 Å². The second kappa shape index (κ2) is 2.96. The largest absolute Gasteiger partial charge is 0.277 e. The summed E-state index contributed by atoms with van der Waals surface area (Å²) in [5, 5.41) is 4.08. The van der Waals surface area contributed by atoms with Gasteiger partial charge in [0.25, 0.3) is 10.0 Å². The minimum Gasteiger partial charge on any atom is -0.200 e. The fraction of sp³-hybridized carbons (Fsp3) is 0.125. The lowest BCUT2D eigenvalue weighted by Crippen LogP contribution is -2.26. The number of rotatable bonds is 0. The average Bonchev–Trinajstić information content (AvgIpc) is 2.12. The lowest BCUT2D eigenvalue weighted by molar-refractivity contribution is 0.582. The van der Waals surface area contributed by atoms with E-state index in [9.17, 15) is 8.42 Å². The molecule has 0 amide bonds. The van der Waals surface area contributed by atoms with Crippen LogP contribution in [0.5, 0.6) is 0 Å². The second-order valence-corrected chi connectivity index (χ2v) is 5.00. The Morgan fingerprint density at radius 3 is 2.86 bits per heavy atom. The first-order valence-electron chi connectivity index (χ1n) is 3.87. The maximum absolute atomic E-state index is 11.5. The molecule has 0 bridgehead atoms. The van der Waals surface area contributed by atoms with Crippen LogP contribution in [-0.4, -0.2) is 14.1 Å². The van der Waals surface area contributed by atoms with Crippen molar-refractivity contribution in [3.8, 4) is 0 Å². The first-order valence-corrected chi connectivity index (χ1v) is 5.73. The van der Waals surface area contributed by atoms with Gasteiger partial charge in [0.05, 0.1) is 10.6 Å². The summed E-state index contributed by atoms with van der Waals surface area (Å²) in [6, 6.07) is 4.70. The third-order valence-electron chi connectivity index (χ3n) is 1.96. The smallest absolute Gasteiger partial charge is 0.200 e. The number of hydrogen-bond acceptors (Lipinski definition) is 3. The Kier molecular flexibility index (Phi) is 2.01. The second-order valence-electron chi connectivity index (χ2n) is 2.93. The molecule has 1 aromatic carbocycles. The molecule has 1 N–H and O–H groups in total. The van der Waals surface area contributed by atoms with E-state index in [2.05, 4.69) is 9.93 Å². The Hall–Kier alpha value is -1.07. The number of hydrogen-bond donors (Lipinski definition) is 1. The van der Waals surface area contributed by atoms with Crippen LogP contribution in [0.4, 0.5) is 0 Å². The fourth-order valence-electron chi connectivity index (χ4n) is 1.26. The quantitative estimate of drug-likeness (QED) is 0.732. The Balaban J connectivity index is 2.79. The van der Waals surface area contributed by atoms with Crippen LogP contribution in [0, 0.1) is 0 Å². The van der Waals surface area contributed by atoms with Crippen LogP contribution in [0.1, 0.15) is 12.5 Å². The maximum Gasteiger partial charge on any atom is 0.277 e. The standard InChI is InChI=1S/C8H7ClN2O2S/c1-5-7-3-2-6(9)4-8(7)14(12,13)11-10-5/h2-4,11H,1H3. The van der Waals surface area contributed by atoms with Crippen LogP contribution in [0.25, 0.3) is 0 Å². The highest BCUT2D eigenvalue weighted by Gasteiger charge is 2.23. The molecular weight excluding hydrogens is 224 g/mol. The molecule has 74 valence electrons. The molecule has 0 fully saturated rings. The van der Waals surface area contributed by atoms with Gasteiger partial charge in [-0.15, -0.1) is 0 Å². The van der Waals surface area contributed by atoms with Crippen LogP contribution >= 0.6 is 11.6 Å². The molecule has 0 unspecified atom stereocenters. The van der Waals surface area contributed by atoms with Gasteiger partial charge in [-0.2, -0.15) is 18.4 Å². The molecule has 1 aliphatic heterocycles. The third kappa shape index (κ3) is 1.38. The summed E-state index contributed by atoms with van der Waals surface area (Å²) in [4.78, 5) is 2.27. The van der Waals surface area contributed by atoms with Gasteiger partial charge in [0.15, 0.2) is 0 Å². The number of halogens is 1. The Morgan fingerprint density at radius 1 is 1.43 bits per heavy atom. The van der Waals surface area contributed by atoms with Crippen LogP contribution < -0.4 is 4.83 Å². The van der Waals surface area contributed by atoms with Crippen LogP contribution in [0.2, 0.25) is 5.02 Å². The van der Waals surface area contributed by atoms with E-state index in [1.165, 1.54) is 6.07 Å². The molecule has 0 radical (unpaired) electrons. The first kappa shape index (κ1) is 9.48. The Morgan fingerprint density at radius 2 is 2.14 bits per heavy atom. The zero-order valence-corrected chi connectivity index (χ0v) is 8.85. The SMILES string of the molecule is CC1=NNS(=O)(=O)c2cc(Cl)ccc21. The van der Waals surface area contributed by atoms with Crippen molar-refractivity contribution in [2.24, 2.45) is 5.10 Å². The van der Waals surface area contributed by atoms with E-state index in [4.69, 9.17) is 11.6 Å². The van der Waals surface area contributed by atoms with Crippen molar-refractivity contribution in [2.45, 2.75) is 11.8 Å². The van der Waals surface area contributed by atoms with Gasteiger partial charge in [-0.3, -0.25) is 0 Å². The summed E-state index contributed by atoms with van der Waals surface area (Å²) in [6.45, 7) is 1.73. The number of sulfonamides is 1. The zero-order valence-electron chi connectivity index (χ0n) is 7.28. The minimum atomic E-state index is -3.52. The minimum absolute atomic E-state index is 0.178. The molecule has 2 rings (SSSR count). The number of nitrogens with zero attached hydrogens (tertiary/aromatic N) is 1. The molecule has 0 spiro atoms. The number of fused-ring (bicyclic) bond motifs is 1. The lowest BCUT2D eigenvalue weighted by Gasteiger charge is -2.15. The van der Waals surface area contributed by atoms with E-state index in [0.717, 1.165) is 0 Å². The predicted octanol–water partition coefficient (Wildman–Crippen LogP) is 1.36. The molecule has 0 saturated heterocycles. The average molecular weight is 231 g/mol. The van der Waals surface area contributed by atoms with Gasteiger partial charge in [-0.05, 0) is 19.1 Å². The number of hydrazone groups is 1. The highest BCUT2D eigenvalue weighted by atomic mass is 35.5. The molecule has 6 heteroatoms. The van der Waals surface area contributed by atoms with Gasteiger partial charge in [0.1, 0.15) is 0 Å². The molecule has 0 atom stereocenters. The predicted molar refractivity (Wildman–Crippen MR) is 54.0 cm³/mol. The molecule has 1 aliphatic rings. The summed E-state index contributed by atoms with van der Waals surface area (Å²) < 4.78 is 23.0. The van der Waals surface area contributed by atoms with Crippen LogP contribution in [0.3, 0.4) is 0 Å². The third-order valence-corrected chi connectivity index (χ3v) is 3.44. The molecule has 0 saturated carbocycles. The molecule has 0 aromatic heterocycles. The molecule has 0 aliphatic carbocycles. The number of nitrogens with one attached hydrogen (secondary N) is 1. The van der Waals surface area contributed by atoms with Gasteiger partial charge in [0.2, 0.25) is 0 Å². The van der Waals surface area contributed by atoms with Crippen molar-refractivity contribution in [3.63, 3.8) is 0 Å². The molecule has 14 heavy (non-hydrogen) atoms. The van der Waals surface area contributed by atoms with E-state index in [1.807, 2.05) is 0 Å². The topological polar surface area (TPSA) is 58.5 Å². The van der Waals surface area contributed by atoms with Crippen molar-refractivity contribution in [1.29, 1.82) is 0 Å². The highest BCUT2D eigenvalue weighted by molar-refractivity contribution is 7.89. The van der Waals surface area contributed by atoms with Gasteiger partial charge < -0.3 is 0 Å². The van der Waals surface area contributed by atoms with Crippen molar-refractivity contribution < 1.29 is 8.42 Å². The van der Waals surface area contributed by atoms with E-state index in [0.29, 0.717) is 16.3 Å². The molecule has 1 heterocycles. The summed E-state index contributed by atoms with van der Waals surface area (Å²) in [5.74, 6) is 0. The van der Waals surface area contributed by atoms with Gasteiger partial charge in [-0.25, -0.2) is 0 Å². The number of benzene rings is 1. The first-order chi connectivity index (χ1) is 6.50. The van der Waals surface area contributed by atoms with Gasteiger partial charge in [0, 0.05) is 10.6 Å². The van der Waals surface area contributed by atoms with Crippen LogP contribution in [0.15, 0.2) is 28.2 Å². The van der Waals surface area contributed by atoms with Crippen molar-refractivity contribution in [2.75, 3.05) is 0 Å². The fourth-order valence-corrected chi connectivity index (χ4v) is 2.63. The Labute approximate surface area is 86.6 Å². The van der Waals surface area contributed by atoms with E-state index in [-0.39, 0.29) is 4.90 Å². The molecular formula is C8H7ClN2O2S. The Bertz CT molecular complexity index is 522. The van der Waals surface area contributed by atoms with Crippen LogP contribution in [-0.2, 0) is 10.0 Å². The maximum atomic E-state index is 11.5.